The molecule has 236 valence electrons. The van der Waals surface area contributed by atoms with Crippen LogP contribution in [0.2, 0.25) is 25.7 Å². The molecule has 45 heavy (non-hydrogen) atoms. The summed E-state index contributed by atoms with van der Waals surface area (Å²) in [7, 11) is -1.11. The highest BCUT2D eigenvalue weighted by atomic mass is 32.2. The van der Waals surface area contributed by atoms with Crippen LogP contribution in [-0.4, -0.2) is 55.6 Å². The predicted octanol–water partition coefficient (Wildman–Crippen LogP) is 7.16. The summed E-state index contributed by atoms with van der Waals surface area (Å²) in [5.41, 5.74) is 5.83. The molecule has 1 atom stereocenters. The molecule has 0 N–H and O–H groups in total. The lowest BCUT2D eigenvalue weighted by Crippen LogP contribution is -2.43. The first-order valence-electron chi connectivity index (χ1n) is 15.2. The Morgan fingerprint density at radius 3 is 2.31 bits per heavy atom. The molecular weight excluding hydrogens is 599 g/mol. The van der Waals surface area contributed by atoms with Gasteiger partial charge in [-0.15, -0.1) is 0 Å². The second-order valence-corrected chi connectivity index (χ2v) is 21.0. The zero-order valence-corrected chi connectivity index (χ0v) is 29.6. The minimum atomic E-state index is -3.85. The van der Waals surface area contributed by atoms with Crippen LogP contribution in [0.25, 0.3) is 21.9 Å². The van der Waals surface area contributed by atoms with Crippen molar-refractivity contribution in [2.24, 2.45) is 0 Å². The minimum absolute atomic E-state index is 0.244. The number of rotatable bonds is 10. The van der Waals surface area contributed by atoms with Crippen LogP contribution in [0.1, 0.15) is 40.6 Å². The average Bonchev–Trinajstić information content (AvgIpc) is 3.57. The predicted molar refractivity (Wildman–Crippen MR) is 184 cm³/mol. The maximum absolute atomic E-state index is 14.0. The van der Waals surface area contributed by atoms with Gasteiger partial charge in [-0.25, -0.2) is 17.4 Å². The zero-order chi connectivity index (χ0) is 32.9. The van der Waals surface area contributed by atoms with Gasteiger partial charge in [0.15, 0.2) is 0 Å². The summed E-state index contributed by atoms with van der Waals surface area (Å²) < 4.78 is 37.7. The molecule has 5 aromatic rings. The maximum atomic E-state index is 14.0. The SMILES string of the molecule is Cc1ccc(S(=O)(=O)n2ccc3c(C(C)(c4nc5cc(C#N)ccc5n4COCC[Si](C)(C)C)N(C)C)c(C)cc(C)c32)cc1. The van der Waals surface area contributed by atoms with Crippen LogP contribution in [0.4, 0.5) is 0 Å². The van der Waals surface area contributed by atoms with E-state index in [1.54, 1.807) is 18.3 Å². The Balaban J connectivity index is 1.75. The van der Waals surface area contributed by atoms with Crippen LogP contribution in [0.15, 0.2) is 65.7 Å². The van der Waals surface area contributed by atoms with E-state index in [2.05, 4.69) is 55.1 Å². The van der Waals surface area contributed by atoms with Crippen molar-refractivity contribution >= 4 is 40.0 Å². The molecule has 0 aliphatic rings. The summed E-state index contributed by atoms with van der Waals surface area (Å²) in [6.45, 7) is 16.0. The van der Waals surface area contributed by atoms with Crippen LogP contribution in [0.5, 0.6) is 0 Å². The van der Waals surface area contributed by atoms with E-state index in [0.29, 0.717) is 29.9 Å². The summed E-state index contributed by atoms with van der Waals surface area (Å²) in [6, 6.07) is 19.8. The van der Waals surface area contributed by atoms with Crippen molar-refractivity contribution in [2.45, 2.75) is 70.5 Å². The van der Waals surface area contributed by atoms with E-state index < -0.39 is 23.6 Å². The van der Waals surface area contributed by atoms with Crippen molar-refractivity contribution in [1.82, 2.24) is 18.4 Å². The highest BCUT2D eigenvalue weighted by Gasteiger charge is 2.40. The van der Waals surface area contributed by atoms with Crippen LogP contribution in [-0.2, 0) is 27.0 Å². The Kier molecular flexibility index (Phi) is 8.61. The largest absolute Gasteiger partial charge is 0.361 e. The third-order valence-corrected chi connectivity index (χ3v) is 12.2. The number of fused-ring (bicyclic) bond motifs is 2. The van der Waals surface area contributed by atoms with Crippen LogP contribution in [0, 0.1) is 32.1 Å². The van der Waals surface area contributed by atoms with Crippen molar-refractivity contribution in [3.63, 3.8) is 0 Å². The lowest BCUT2D eigenvalue weighted by Gasteiger charge is -2.38. The van der Waals surface area contributed by atoms with E-state index in [1.807, 2.05) is 64.3 Å². The van der Waals surface area contributed by atoms with Gasteiger partial charge >= 0.3 is 0 Å². The lowest BCUT2D eigenvalue weighted by atomic mass is 9.83. The van der Waals surface area contributed by atoms with Crippen LogP contribution in [0.3, 0.4) is 0 Å². The molecule has 1 unspecified atom stereocenters. The molecule has 10 heteroatoms. The molecule has 2 heterocycles. The molecule has 0 amide bonds. The second kappa shape index (κ2) is 11.9. The van der Waals surface area contributed by atoms with E-state index in [0.717, 1.165) is 45.0 Å². The van der Waals surface area contributed by atoms with Gasteiger partial charge in [-0.1, -0.05) is 43.4 Å². The van der Waals surface area contributed by atoms with Crippen LogP contribution >= 0.6 is 0 Å². The first-order chi connectivity index (χ1) is 21.1. The van der Waals surface area contributed by atoms with E-state index in [9.17, 15) is 13.7 Å². The molecular formula is C35H43N5O3SSi. The van der Waals surface area contributed by atoms with E-state index in [1.165, 1.54) is 3.97 Å². The summed E-state index contributed by atoms with van der Waals surface area (Å²) >= 11 is 0. The van der Waals surface area contributed by atoms with Gasteiger partial charge < -0.3 is 9.30 Å². The number of imidazole rings is 1. The molecule has 2 aromatic heterocycles. The number of aromatic nitrogens is 3. The highest BCUT2D eigenvalue weighted by molar-refractivity contribution is 7.90. The Morgan fingerprint density at radius 1 is 1.00 bits per heavy atom. The molecule has 5 rings (SSSR count). The van der Waals surface area contributed by atoms with Gasteiger partial charge in [0.1, 0.15) is 18.1 Å². The fourth-order valence-corrected chi connectivity index (χ4v) is 8.29. The fraction of sp³-hybridized carbons (Fsp3) is 0.371. The smallest absolute Gasteiger partial charge is 0.268 e. The number of benzene rings is 3. The van der Waals surface area contributed by atoms with Gasteiger partial charge in [0, 0.05) is 26.3 Å². The standard InChI is InChI=1S/C35H43N5O3SSi/c1-24-10-13-28(14-11-24)44(41,42)40-17-16-29-32(25(2)20-26(3)33(29)40)35(4,38(5)6)34-37-30-21-27(22-36)12-15-31(30)39(34)23-43-18-19-45(7,8)9/h10-17,20-21H,18-19,23H2,1-9H3. The summed E-state index contributed by atoms with van der Waals surface area (Å²) in [5, 5.41) is 10.5. The number of nitrogens with zero attached hydrogens (tertiary/aromatic N) is 5. The molecule has 0 spiro atoms. The monoisotopic (exact) mass is 641 g/mol. The molecule has 0 aliphatic heterocycles. The van der Waals surface area contributed by atoms with Crippen LogP contribution < -0.4 is 0 Å². The highest BCUT2D eigenvalue weighted by Crippen LogP contribution is 2.43. The normalized spacial score (nSPS) is 13.9. The molecule has 0 saturated carbocycles. The number of aryl methyl sites for hydroxylation is 3. The second-order valence-electron chi connectivity index (χ2n) is 13.6. The Hall–Kier alpha value is -3.75. The average molecular weight is 642 g/mol. The van der Waals surface area contributed by atoms with Crippen molar-refractivity contribution in [1.29, 1.82) is 5.26 Å². The number of ether oxygens (including phenoxy) is 1. The summed E-state index contributed by atoms with van der Waals surface area (Å²) in [4.78, 5) is 7.54. The van der Waals surface area contributed by atoms with Crippen molar-refractivity contribution in [2.75, 3.05) is 20.7 Å². The van der Waals surface area contributed by atoms with Gasteiger partial charge in [-0.05, 0) is 101 Å². The molecule has 0 saturated heterocycles. The zero-order valence-electron chi connectivity index (χ0n) is 27.8. The van der Waals surface area contributed by atoms with Gasteiger partial charge in [-0.2, -0.15) is 5.26 Å². The quantitative estimate of drug-likeness (QED) is 0.119. The van der Waals surface area contributed by atoms with E-state index in [4.69, 9.17) is 9.72 Å². The van der Waals surface area contributed by atoms with Crippen molar-refractivity contribution < 1.29 is 13.2 Å². The topological polar surface area (TPSA) is 93.2 Å². The summed E-state index contributed by atoms with van der Waals surface area (Å²) in [5.74, 6) is 0.757. The first-order valence-corrected chi connectivity index (χ1v) is 20.3. The third kappa shape index (κ3) is 5.86. The lowest BCUT2D eigenvalue weighted by molar-refractivity contribution is 0.0803. The number of hydrogen-bond donors (Lipinski definition) is 0. The van der Waals surface area contributed by atoms with Gasteiger partial charge in [-0.3, -0.25) is 4.90 Å². The van der Waals surface area contributed by atoms with Gasteiger partial charge in [0.05, 0.1) is 33.1 Å². The fourth-order valence-electron chi connectivity index (χ4n) is 6.12. The third-order valence-electron chi connectivity index (χ3n) is 8.81. The molecule has 3 aromatic carbocycles. The summed E-state index contributed by atoms with van der Waals surface area (Å²) in [6.07, 6.45) is 1.66. The number of nitriles is 1. The van der Waals surface area contributed by atoms with E-state index >= 15 is 0 Å². The molecule has 0 aliphatic carbocycles. The number of hydrogen-bond acceptors (Lipinski definition) is 6. The first kappa shape index (κ1) is 32.6. The maximum Gasteiger partial charge on any atom is 0.268 e. The van der Waals surface area contributed by atoms with Crippen molar-refractivity contribution in [3.8, 4) is 6.07 Å². The van der Waals surface area contributed by atoms with Gasteiger partial charge in [0.2, 0.25) is 0 Å². The molecule has 8 nitrogen and oxygen atoms in total. The Labute approximate surface area is 267 Å². The molecule has 0 radical (unpaired) electrons. The van der Waals surface area contributed by atoms with Crippen molar-refractivity contribution in [3.05, 3.63) is 94.4 Å². The molecule has 0 fully saturated rings. The minimum Gasteiger partial charge on any atom is -0.361 e. The van der Waals surface area contributed by atoms with Gasteiger partial charge in [0.25, 0.3) is 10.0 Å². The van der Waals surface area contributed by atoms with E-state index in [-0.39, 0.29) is 4.90 Å². The Morgan fingerprint density at radius 2 is 1.69 bits per heavy atom. The molecule has 0 bridgehead atoms. The Bertz CT molecular complexity index is 2050.